The zero-order valence-corrected chi connectivity index (χ0v) is 10.3. The normalized spacial score (nSPS) is 10.6. The summed E-state index contributed by atoms with van der Waals surface area (Å²) in [5.41, 5.74) is 2.05. The third-order valence-electron chi connectivity index (χ3n) is 2.95. The number of nitrogens with zero attached hydrogens (tertiary/aromatic N) is 2. The quantitative estimate of drug-likeness (QED) is 0.758. The Morgan fingerprint density at radius 2 is 2.00 bits per heavy atom. The fourth-order valence-electron chi connectivity index (χ4n) is 2.11. The largest absolute Gasteiger partial charge is 0.491 e. The van der Waals surface area contributed by atoms with Gasteiger partial charge < -0.3 is 4.74 Å². The van der Waals surface area contributed by atoms with Crippen LogP contribution in [0.4, 0.5) is 0 Å². The van der Waals surface area contributed by atoms with Crippen LogP contribution in [0.3, 0.4) is 0 Å². The predicted molar refractivity (Wildman–Crippen MR) is 72.1 cm³/mol. The molecule has 19 heavy (non-hydrogen) atoms. The van der Waals surface area contributed by atoms with Gasteiger partial charge >= 0.3 is 5.56 Å². The first-order valence-electron chi connectivity index (χ1n) is 5.77. The van der Waals surface area contributed by atoms with Crippen molar-refractivity contribution in [3.63, 3.8) is 0 Å². The summed E-state index contributed by atoms with van der Waals surface area (Å²) >= 11 is 0. The summed E-state index contributed by atoms with van der Waals surface area (Å²) in [6.07, 6.45) is 3.29. The summed E-state index contributed by atoms with van der Waals surface area (Å²) in [7, 11) is 1.47. The lowest BCUT2D eigenvalue weighted by atomic mass is 10.0. The van der Waals surface area contributed by atoms with Crippen LogP contribution in [0, 0.1) is 0 Å². The molecule has 2 aromatic heterocycles. The van der Waals surface area contributed by atoms with E-state index in [0.717, 1.165) is 16.5 Å². The first-order chi connectivity index (χ1) is 9.31. The molecule has 1 N–H and O–H groups in total. The number of H-pyrrole nitrogens is 1. The molecule has 0 aliphatic carbocycles. The number of aromatic amines is 1. The number of para-hydroxylation sites is 1. The highest BCUT2D eigenvalue weighted by Crippen LogP contribution is 2.31. The van der Waals surface area contributed by atoms with Gasteiger partial charge in [0.1, 0.15) is 0 Å². The van der Waals surface area contributed by atoms with E-state index < -0.39 is 0 Å². The predicted octanol–water partition coefficient (Wildman–Crippen LogP) is 1.99. The number of aromatic nitrogens is 3. The molecule has 5 nitrogen and oxygen atoms in total. The Hall–Kier alpha value is -2.69. The zero-order chi connectivity index (χ0) is 13.2. The molecule has 0 aliphatic rings. The number of benzene rings is 1. The van der Waals surface area contributed by atoms with Crippen LogP contribution in [-0.4, -0.2) is 22.3 Å². The maximum atomic E-state index is 11.7. The smallest absolute Gasteiger partial charge is 0.307 e. The fourth-order valence-corrected chi connectivity index (χ4v) is 2.11. The molecule has 0 aliphatic heterocycles. The van der Waals surface area contributed by atoms with E-state index in [1.807, 2.05) is 30.3 Å². The number of methoxy groups -OCH3 is 1. The van der Waals surface area contributed by atoms with E-state index in [4.69, 9.17) is 4.74 Å². The Kier molecular flexibility index (Phi) is 2.72. The summed E-state index contributed by atoms with van der Waals surface area (Å²) in [5.74, 6) is 0.256. The van der Waals surface area contributed by atoms with Crippen molar-refractivity contribution < 1.29 is 4.74 Å². The van der Waals surface area contributed by atoms with Gasteiger partial charge in [-0.25, -0.2) is 5.10 Å². The minimum atomic E-state index is -0.346. The highest BCUT2D eigenvalue weighted by Gasteiger charge is 2.12. The lowest BCUT2D eigenvalue weighted by Crippen LogP contribution is -2.11. The molecule has 0 bridgehead atoms. The van der Waals surface area contributed by atoms with Crippen LogP contribution in [0.1, 0.15) is 0 Å². The van der Waals surface area contributed by atoms with E-state index in [1.54, 1.807) is 12.4 Å². The minimum absolute atomic E-state index is 0.256. The minimum Gasteiger partial charge on any atom is -0.491 e. The molecule has 5 heteroatoms. The van der Waals surface area contributed by atoms with E-state index in [0.29, 0.717) is 5.56 Å². The molecular formula is C14H11N3O2. The van der Waals surface area contributed by atoms with Crippen LogP contribution in [0.25, 0.3) is 22.0 Å². The summed E-state index contributed by atoms with van der Waals surface area (Å²) in [5, 5.41) is 7.16. The second-order valence-corrected chi connectivity index (χ2v) is 4.02. The van der Waals surface area contributed by atoms with Gasteiger partial charge in [-0.1, -0.05) is 18.2 Å². The molecular weight excluding hydrogens is 242 g/mol. The van der Waals surface area contributed by atoms with Crippen LogP contribution in [-0.2, 0) is 0 Å². The van der Waals surface area contributed by atoms with Gasteiger partial charge in [-0.2, -0.15) is 5.10 Å². The van der Waals surface area contributed by atoms with Crippen LogP contribution in [0.5, 0.6) is 5.75 Å². The third-order valence-corrected chi connectivity index (χ3v) is 2.95. The first-order valence-corrected chi connectivity index (χ1v) is 5.77. The van der Waals surface area contributed by atoms with Crippen LogP contribution in [0.15, 0.2) is 47.5 Å². The molecule has 0 amide bonds. The Balaban J connectivity index is 2.37. The Labute approximate surface area is 108 Å². The van der Waals surface area contributed by atoms with Crippen molar-refractivity contribution in [3.8, 4) is 16.9 Å². The van der Waals surface area contributed by atoms with Gasteiger partial charge in [0.25, 0.3) is 0 Å². The Bertz CT molecular complexity index is 791. The molecule has 0 fully saturated rings. The number of rotatable bonds is 2. The van der Waals surface area contributed by atoms with Crippen molar-refractivity contribution in [2.24, 2.45) is 0 Å². The van der Waals surface area contributed by atoms with Crippen molar-refractivity contribution in [2.75, 3.05) is 7.11 Å². The lowest BCUT2D eigenvalue weighted by Gasteiger charge is -2.09. The number of nitrogens with one attached hydrogen (secondary N) is 1. The standard InChI is InChI=1S/C14H11N3O2/c1-19-13-11(8-16-17-14(13)18)9-6-7-15-12-5-3-2-4-10(9)12/h2-8H,1H3,(H,17,18). The average Bonchev–Trinajstić information content (AvgIpc) is 2.46. The number of hydrogen-bond donors (Lipinski definition) is 1. The van der Waals surface area contributed by atoms with Crippen LogP contribution < -0.4 is 10.3 Å². The molecule has 3 rings (SSSR count). The van der Waals surface area contributed by atoms with Gasteiger partial charge in [0.05, 0.1) is 24.4 Å². The molecule has 0 saturated heterocycles. The van der Waals surface area contributed by atoms with E-state index in [2.05, 4.69) is 15.2 Å². The molecule has 0 saturated carbocycles. The topological polar surface area (TPSA) is 67.9 Å². The highest BCUT2D eigenvalue weighted by molar-refractivity contribution is 5.95. The van der Waals surface area contributed by atoms with Gasteiger partial charge in [-0.05, 0) is 17.7 Å². The molecule has 0 atom stereocenters. The summed E-state index contributed by atoms with van der Waals surface area (Å²) in [4.78, 5) is 16.0. The number of hydrogen-bond acceptors (Lipinski definition) is 4. The monoisotopic (exact) mass is 253 g/mol. The van der Waals surface area contributed by atoms with Crippen molar-refractivity contribution in [1.82, 2.24) is 15.2 Å². The summed E-state index contributed by atoms with van der Waals surface area (Å²) in [6.45, 7) is 0. The summed E-state index contributed by atoms with van der Waals surface area (Å²) < 4.78 is 5.18. The van der Waals surface area contributed by atoms with Crippen molar-refractivity contribution in [1.29, 1.82) is 0 Å². The average molecular weight is 253 g/mol. The molecule has 1 aromatic carbocycles. The van der Waals surface area contributed by atoms with Crippen LogP contribution >= 0.6 is 0 Å². The van der Waals surface area contributed by atoms with E-state index >= 15 is 0 Å². The SMILES string of the molecule is COc1c(-c2ccnc3ccccc23)cn[nH]c1=O. The van der Waals surface area contributed by atoms with Gasteiger partial charge in [-0.3, -0.25) is 9.78 Å². The number of pyridine rings is 1. The maximum absolute atomic E-state index is 11.7. The Morgan fingerprint density at radius 3 is 2.84 bits per heavy atom. The van der Waals surface area contributed by atoms with E-state index in [9.17, 15) is 4.79 Å². The van der Waals surface area contributed by atoms with Crippen molar-refractivity contribution in [2.45, 2.75) is 0 Å². The van der Waals surface area contributed by atoms with Gasteiger partial charge in [0.2, 0.25) is 0 Å². The summed E-state index contributed by atoms with van der Waals surface area (Å²) in [6, 6.07) is 9.58. The second-order valence-electron chi connectivity index (χ2n) is 4.02. The number of fused-ring (bicyclic) bond motifs is 1. The molecule has 3 aromatic rings. The van der Waals surface area contributed by atoms with Crippen molar-refractivity contribution in [3.05, 3.63) is 53.1 Å². The molecule has 0 radical (unpaired) electrons. The molecule has 94 valence electrons. The van der Waals surface area contributed by atoms with E-state index in [-0.39, 0.29) is 11.3 Å². The lowest BCUT2D eigenvalue weighted by molar-refractivity contribution is 0.408. The van der Waals surface area contributed by atoms with Gasteiger partial charge in [0.15, 0.2) is 5.75 Å². The van der Waals surface area contributed by atoms with Crippen molar-refractivity contribution >= 4 is 10.9 Å². The molecule has 2 heterocycles. The number of ether oxygens (including phenoxy) is 1. The molecule has 0 spiro atoms. The maximum Gasteiger partial charge on any atom is 0.307 e. The van der Waals surface area contributed by atoms with Gasteiger partial charge in [-0.15, -0.1) is 0 Å². The van der Waals surface area contributed by atoms with Gasteiger partial charge in [0, 0.05) is 11.6 Å². The molecule has 0 unspecified atom stereocenters. The fraction of sp³-hybridized carbons (Fsp3) is 0.0714. The van der Waals surface area contributed by atoms with E-state index in [1.165, 1.54) is 7.11 Å². The highest BCUT2D eigenvalue weighted by atomic mass is 16.5. The van der Waals surface area contributed by atoms with Crippen LogP contribution in [0.2, 0.25) is 0 Å². The zero-order valence-electron chi connectivity index (χ0n) is 10.3. The second kappa shape index (κ2) is 4.53. The third kappa shape index (κ3) is 1.85. The first kappa shape index (κ1) is 11.4. The Morgan fingerprint density at radius 1 is 1.16 bits per heavy atom.